The Balaban J connectivity index is 2.33. The number of benzene rings is 1. The Bertz CT molecular complexity index is 397. The van der Waals surface area contributed by atoms with Crippen molar-refractivity contribution < 1.29 is 9.47 Å². The second-order valence-electron chi connectivity index (χ2n) is 5.12. The quantitative estimate of drug-likeness (QED) is 0.865. The lowest BCUT2D eigenvalue weighted by molar-refractivity contribution is 0.355. The topological polar surface area (TPSA) is 42.5 Å². The molecule has 0 amide bonds. The summed E-state index contributed by atoms with van der Waals surface area (Å²) in [6, 6.07) is 3.98. The van der Waals surface area contributed by atoms with Crippen LogP contribution in [0.4, 0.5) is 11.4 Å². The minimum atomic E-state index is 0.263. The summed E-state index contributed by atoms with van der Waals surface area (Å²) in [5.41, 5.74) is 2.41. The van der Waals surface area contributed by atoms with Gasteiger partial charge in [0, 0.05) is 30.6 Å². The Kier molecular flexibility index (Phi) is 3.55. The number of nitrogens with one attached hydrogen (secondary N) is 2. The maximum atomic E-state index is 5.33. The third-order valence-corrected chi connectivity index (χ3v) is 3.79. The van der Waals surface area contributed by atoms with Crippen molar-refractivity contribution in [1.29, 1.82) is 0 Å². The lowest BCUT2D eigenvalue weighted by atomic mass is 9.88. The average molecular weight is 250 g/mol. The lowest BCUT2D eigenvalue weighted by Crippen LogP contribution is -2.30. The van der Waals surface area contributed by atoms with Crippen molar-refractivity contribution in [1.82, 2.24) is 0 Å². The van der Waals surface area contributed by atoms with Crippen molar-refractivity contribution in [2.45, 2.75) is 20.3 Å². The van der Waals surface area contributed by atoms with Gasteiger partial charge in [0.15, 0.2) is 11.5 Å². The number of rotatable bonds is 3. The predicted octanol–water partition coefficient (Wildman–Crippen LogP) is 2.96. The molecular formula is C14H22N2O2. The molecule has 4 nitrogen and oxygen atoms in total. The standard InChI is InChI=1S/C14H22N2O2/c1-5-14(2)8-15-10-6-12(17-3)13(18-4)7-11(10)16-9-14/h6-7,15-16H,5,8-9H2,1-4H3. The van der Waals surface area contributed by atoms with E-state index in [0.29, 0.717) is 0 Å². The van der Waals surface area contributed by atoms with Gasteiger partial charge in [-0.3, -0.25) is 0 Å². The van der Waals surface area contributed by atoms with Crippen LogP contribution in [0.1, 0.15) is 20.3 Å². The number of ether oxygens (including phenoxy) is 2. The zero-order valence-electron chi connectivity index (χ0n) is 11.6. The van der Waals surface area contributed by atoms with Gasteiger partial charge in [-0.2, -0.15) is 0 Å². The minimum Gasteiger partial charge on any atom is -0.493 e. The highest BCUT2D eigenvalue weighted by Crippen LogP contribution is 2.39. The van der Waals surface area contributed by atoms with Gasteiger partial charge in [0.05, 0.1) is 25.6 Å². The Morgan fingerprint density at radius 1 is 1.06 bits per heavy atom. The fraction of sp³-hybridized carbons (Fsp3) is 0.571. The van der Waals surface area contributed by atoms with Gasteiger partial charge in [0.1, 0.15) is 0 Å². The maximum Gasteiger partial charge on any atom is 0.162 e. The highest BCUT2D eigenvalue weighted by molar-refractivity contribution is 5.75. The van der Waals surface area contributed by atoms with E-state index in [9.17, 15) is 0 Å². The molecule has 0 atom stereocenters. The molecule has 0 spiro atoms. The molecule has 0 unspecified atom stereocenters. The fourth-order valence-corrected chi connectivity index (χ4v) is 2.10. The Labute approximate surface area is 109 Å². The molecule has 0 fully saturated rings. The molecule has 1 aliphatic heterocycles. The molecule has 1 aromatic rings. The molecule has 0 saturated carbocycles. The van der Waals surface area contributed by atoms with Crippen molar-refractivity contribution >= 4 is 11.4 Å². The normalized spacial score (nSPS) is 16.9. The molecule has 4 heteroatoms. The van der Waals surface area contributed by atoms with Gasteiger partial charge >= 0.3 is 0 Å². The first-order valence-corrected chi connectivity index (χ1v) is 6.35. The van der Waals surface area contributed by atoms with E-state index in [1.807, 2.05) is 12.1 Å². The number of anilines is 2. The van der Waals surface area contributed by atoms with E-state index < -0.39 is 0 Å². The molecule has 2 rings (SSSR count). The highest BCUT2D eigenvalue weighted by atomic mass is 16.5. The van der Waals surface area contributed by atoms with Crippen LogP contribution in [0.15, 0.2) is 12.1 Å². The van der Waals surface area contributed by atoms with Crippen LogP contribution in [0.5, 0.6) is 11.5 Å². The zero-order valence-corrected chi connectivity index (χ0v) is 11.6. The predicted molar refractivity (Wildman–Crippen MR) is 74.9 cm³/mol. The Hall–Kier alpha value is -1.58. The van der Waals surface area contributed by atoms with E-state index in [4.69, 9.17) is 9.47 Å². The fourth-order valence-electron chi connectivity index (χ4n) is 2.10. The summed E-state index contributed by atoms with van der Waals surface area (Å²) in [4.78, 5) is 0. The van der Waals surface area contributed by atoms with Crippen molar-refractivity contribution in [2.24, 2.45) is 5.41 Å². The summed E-state index contributed by atoms with van der Waals surface area (Å²) >= 11 is 0. The van der Waals surface area contributed by atoms with Crippen molar-refractivity contribution in [3.63, 3.8) is 0 Å². The zero-order chi connectivity index (χ0) is 13.2. The molecule has 100 valence electrons. The molecule has 0 bridgehead atoms. The molecule has 18 heavy (non-hydrogen) atoms. The Morgan fingerprint density at radius 2 is 1.50 bits per heavy atom. The Morgan fingerprint density at radius 3 is 1.83 bits per heavy atom. The van der Waals surface area contributed by atoms with E-state index in [0.717, 1.165) is 42.4 Å². The first-order valence-electron chi connectivity index (χ1n) is 6.35. The smallest absolute Gasteiger partial charge is 0.162 e. The van der Waals surface area contributed by atoms with Crippen molar-refractivity contribution in [3.8, 4) is 11.5 Å². The molecule has 0 saturated heterocycles. The van der Waals surface area contributed by atoms with Crippen LogP contribution in [0.2, 0.25) is 0 Å². The SMILES string of the molecule is CCC1(C)CNc2cc(OC)c(OC)cc2NC1. The van der Waals surface area contributed by atoms with Crippen LogP contribution < -0.4 is 20.1 Å². The first kappa shape index (κ1) is 12.9. The van der Waals surface area contributed by atoms with Crippen molar-refractivity contribution in [3.05, 3.63) is 12.1 Å². The number of hydrogen-bond acceptors (Lipinski definition) is 4. The summed E-state index contributed by atoms with van der Waals surface area (Å²) in [5.74, 6) is 1.51. The minimum absolute atomic E-state index is 0.263. The van der Waals surface area contributed by atoms with Crippen LogP contribution >= 0.6 is 0 Å². The molecule has 2 N–H and O–H groups in total. The van der Waals surface area contributed by atoms with Gasteiger partial charge in [-0.05, 0) is 6.42 Å². The summed E-state index contributed by atoms with van der Waals surface area (Å²) in [6.07, 6.45) is 1.13. The monoisotopic (exact) mass is 250 g/mol. The van der Waals surface area contributed by atoms with Gasteiger partial charge in [0.2, 0.25) is 0 Å². The molecule has 0 radical (unpaired) electrons. The van der Waals surface area contributed by atoms with Gasteiger partial charge in [0.25, 0.3) is 0 Å². The summed E-state index contributed by atoms with van der Waals surface area (Å²) < 4.78 is 10.7. The van der Waals surface area contributed by atoms with E-state index >= 15 is 0 Å². The third-order valence-electron chi connectivity index (χ3n) is 3.79. The van der Waals surface area contributed by atoms with Gasteiger partial charge in [-0.15, -0.1) is 0 Å². The number of hydrogen-bond donors (Lipinski definition) is 2. The lowest BCUT2D eigenvalue weighted by Gasteiger charge is -2.26. The van der Waals surface area contributed by atoms with Gasteiger partial charge < -0.3 is 20.1 Å². The van der Waals surface area contributed by atoms with Crippen molar-refractivity contribution in [2.75, 3.05) is 37.9 Å². The van der Waals surface area contributed by atoms with Crippen LogP contribution in [-0.2, 0) is 0 Å². The highest BCUT2D eigenvalue weighted by Gasteiger charge is 2.26. The molecular weight excluding hydrogens is 228 g/mol. The second-order valence-corrected chi connectivity index (χ2v) is 5.12. The summed E-state index contributed by atoms with van der Waals surface area (Å²) in [6.45, 7) is 6.42. The maximum absolute atomic E-state index is 5.33. The molecule has 0 aliphatic carbocycles. The van der Waals surface area contributed by atoms with Crippen LogP contribution in [-0.4, -0.2) is 27.3 Å². The van der Waals surface area contributed by atoms with E-state index in [1.165, 1.54) is 0 Å². The molecule has 1 aliphatic rings. The van der Waals surface area contributed by atoms with E-state index in [1.54, 1.807) is 14.2 Å². The van der Waals surface area contributed by atoms with Crippen LogP contribution in [0.3, 0.4) is 0 Å². The largest absolute Gasteiger partial charge is 0.493 e. The van der Waals surface area contributed by atoms with Gasteiger partial charge in [-0.25, -0.2) is 0 Å². The first-order chi connectivity index (χ1) is 8.61. The summed E-state index contributed by atoms with van der Waals surface area (Å²) in [5, 5.41) is 6.99. The number of fused-ring (bicyclic) bond motifs is 1. The van der Waals surface area contributed by atoms with E-state index in [-0.39, 0.29) is 5.41 Å². The second kappa shape index (κ2) is 4.96. The molecule has 1 aromatic carbocycles. The molecule has 0 aromatic heterocycles. The number of methoxy groups -OCH3 is 2. The average Bonchev–Trinajstić information content (AvgIpc) is 2.57. The van der Waals surface area contributed by atoms with Crippen LogP contribution in [0.25, 0.3) is 0 Å². The van der Waals surface area contributed by atoms with Gasteiger partial charge in [-0.1, -0.05) is 13.8 Å². The van der Waals surface area contributed by atoms with Crippen LogP contribution in [0, 0.1) is 5.41 Å². The van der Waals surface area contributed by atoms with E-state index in [2.05, 4.69) is 24.5 Å². The third kappa shape index (κ3) is 2.33. The molecule has 1 heterocycles. The summed E-state index contributed by atoms with van der Waals surface area (Å²) in [7, 11) is 3.31.